The molecule has 0 spiro atoms. The Bertz CT molecular complexity index is 538. The van der Waals surface area contributed by atoms with Crippen molar-refractivity contribution in [3.05, 3.63) is 60.7 Å². The van der Waals surface area contributed by atoms with E-state index in [2.05, 4.69) is 11.8 Å². The van der Waals surface area contributed by atoms with E-state index in [1.54, 1.807) is 60.7 Å². The highest BCUT2D eigenvalue weighted by molar-refractivity contribution is 7.94. The Morgan fingerprint density at radius 1 is 0.833 bits per heavy atom. The summed E-state index contributed by atoms with van der Waals surface area (Å²) in [5, 5.41) is 0. The lowest BCUT2D eigenvalue weighted by Crippen LogP contribution is -2.00. The maximum absolute atomic E-state index is 12.0. The highest BCUT2D eigenvalue weighted by atomic mass is 32.4. The normalized spacial score (nSPS) is 10.9. The van der Waals surface area contributed by atoms with Gasteiger partial charge >= 0.3 is 0 Å². The molecule has 0 saturated heterocycles. The Morgan fingerprint density at radius 2 is 1.11 bits per heavy atom. The van der Waals surface area contributed by atoms with Gasteiger partial charge in [-0.05, 0) is 24.3 Å². The standard InChI is InChI=1S/C12H10O2S.H3OPS/c13-15(14,11-7-3-1-4-8-11)12-9-5-2-6-10-12;1-2-3/h1-10H;2H2,(H,1,3). The molecule has 2 rings (SSSR count). The summed E-state index contributed by atoms with van der Waals surface area (Å²) in [5.74, 6) is 0. The lowest BCUT2D eigenvalue weighted by molar-refractivity contribution is 0.596. The van der Waals surface area contributed by atoms with E-state index < -0.39 is 17.4 Å². The minimum Gasteiger partial charge on any atom is -0.371 e. The molecule has 0 heterocycles. The van der Waals surface area contributed by atoms with Crippen molar-refractivity contribution in [2.75, 3.05) is 0 Å². The summed E-state index contributed by atoms with van der Waals surface area (Å²) in [7, 11) is -4.01. The minimum absolute atomic E-state index is 0.330. The van der Waals surface area contributed by atoms with Gasteiger partial charge in [0.05, 0.1) is 9.79 Å². The van der Waals surface area contributed by atoms with Crippen molar-refractivity contribution in [3.63, 3.8) is 0 Å². The zero-order valence-electron chi connectivity index (χ0n) is 9.43. The van der Waals surface area contributed by atoms with Crippen molar-refractivity contribution in [1.29, 1.82) is 0 Å². The van der Waals surface area contributed by atoms with Crippen LogP contribution in [0, 0.1) is 0 Å². The maximum Gasteiger partial charge on any atom is 0.206 e. The van der Waals surface area contributed by atoms with Gasteiger partial charge in [-0.1, -0.05) is 48.2 Å². The monoisotopic (exact) mass is 300 g/mol. The van der Waals surface area contributed by atoms with Crippen LogP contribution < -0.4 is 0 Å². The number of rotatable bonds is 2. The molecule has 6 heteroatoms. The smallest absolute Gasteiger partial charge is 0.206 e. The minimum atomic E-state index is -3.34. The maximum atomic E-state index is 12.0. The Hall–Kier alpha value is -1.00. The molecule has 0 amide bonds. The molecule has 0 aliphatic heterocycles. The largest absolute Gasteiger partial charge is 0.371 e. The molecule has 0 aliphatic rings. The molecule has 96 valence electrons. The van der Waals surface area contributed by atoms with Gasteiger partial charge in [0, 0.05) is 7.58 Å². The Labute approximate surface area is 113 Å². The lowest BCUT2D eigenvalue weighted by Gasteiger charge is -2.03. The summed E-state index contributed by atoms with van der Waals surface area (Å²) in [4.78, 5) is 8.13. The number of hydrogen-bond acceptors (Lipinski definition) is 3. The highest BCUT2D eigenvalue weighted by Gasteiger charge is 2.15. The van der Waals surface area contributed by atoms with Crippen LogP contribution in [0.25, 0.3) is 0 Å². The van der Waals surface area contributed by atoms with Gasteiger partial charge < -0.3 is 4.89 Å². The first-order valence-corrected chi connectivity index (χ1v) is 8.94. The van der Waals surface area contributed by atoms with Crippen LogP contribution in [0.2, 0.25) is 0 Å². The predicted octanol–water partition coefficient (Wildman–Crippen LogP) is 2.29. The summed E-state index contributed by atoms with van der Waals surface area (Å²) >= 11 is 4.03. The zero-order valence-corrected chi connectivity index (χ0v) is 12.2. The van der Waals surface area contributed by atoms with Crippen LogP contribution in [-0.4, -0.2) is 13.3 Å². The van der Waals surface area contributed by atoms with E-state index in [1.165, 1.54) is 0 Å². The first kappa shape index (κ1) is 15.1. The molecule has 1 N–H and O–H groups in total. The summed E-state index contributed by atoms with van der Waals surface area (Å²) in [6, 6.07) is 16.9. The molecule has 0 aromatic heterocycles. The predicted molar refractivity (Wildman–Crippen MR) is 77.6 cm³/mol. The molecule has 1 atom stereocenters. The average Bonchev–Trinajstić information content (AvgIpc) is 2.42. The third-order valence-electron chi connectivity index (χ3n) is 2.11. The van der Waals surface area contributed by atoms with Gasteiger partial charge in [-0.15, -0.1) is 0 Å². The molecule has 3 nitrogen and oxygen atoms in total. The second kappa shape index (κ2) is 7.44. The van der Waals surface area contributed by atoms with E-state index in [1.807, 2.05) is 0 Å². The van der Waals surface area contributed by atoms with Crippen LogP contribution in [0.5, 0.6) is 0 Å². The van der Waals surface area contributed by atoms with Gasteiger partial charge in [0.25, 0.3) is 0 Å². The highest BCUT2D eigenvalue weighted by Crippen LogP contribution is 2.19. The van der Waals surface area contributed by atoms with Crippen LogP contribution in [-0.2, 0) is 21.6 Å². The van der Waals surface area contributed by atoms with E-state index in [4.69, 9.17) is 4.89 Å². The van der Waals surface area contributed by atoms with Gasteiger partial charge in [0.2, 0.25) is 9.84 Å². The third-order valence-corrected chi connectivity index (χ3v) is 3.89. The fraction of sp³-hybridized carbons (Fsp3) is 0. The Morgan fingerprint density at radius 3 is 1.39 bits per heavy atom. The summed E-state index contributed by atoms with van der Waals surface area (Å²) < 4.78 is 24.1. The first-order chi connectivity index (χ1) is 8.62. The molecule has 2 aromatic rings. The number of hydrogen-bond donors (Lipinski definition) is 1. The molecule has 0 bridgehead atoms. The van der Waals surface area contributed by atoms with E-state index >= 15 is 0 Å². The van der Waals surface area contributed by atoms with Crippen molar-refractivity contribution in [3.8, 4) is 0 Å². The van der Waals surface area contributed by atoms with Crippen molar-refractivity contribution in [2.24, 2.45) is 0 Å². The Balaban J connectivity index is 0.000000492. The van der Waals surface area contributed by atoms with E-state index in [9.17, 15) is 8.42 Å². The fourth-order valence-electron chi connectivity index (χ4n) is 1.34. The topological polar surface area (TPSA) is 54.4 Å². The molecule has 18 heavy (non-hydrogen) atoms. The van der Waals surface area contributed by atoms with Gasteiger partial charge in [-0.3, -0.25) is 0 Å². The molecule has 0 saturated carbocycles. The van der Waals surface area contributed by atoms with Crippen LogP contribution in [0.4, 0.5) is 0 Å². The van der Waals surface area contributed by atoms with Crippen molar-refractivity contribution in [2.45, 2.75) is 9.79 Å². The number of sulfone groups is 1. The second-order valence-electron chi connectivity index (χ2n) is 3.23. The van der Waals surface area contributed by atoms with Crippen LogP contribution >= 0.6 is 7.58 Å². The summed E-state index contributed by atoms with van der Waals surface area (Å²) in [5.41, 5.74) is 0. The Kier molecular flexibility index (Phi) is 6.22. The zero-order chi connectivity index (χ0) is 13.4. The molecule has 0 fully saturated rings. The summed E-state index contributed by atoms with van der Waals surface area (Å²) in [6.45, 7) is 0. The van der Waals surface area contributed by atoms with Crippen molar-refractivity contribution < 1.29 is 13.3 Å². The molecule has 2 aromatic carbocycles. The fourth-order valence-corrected chi connectivity index (χ4v) is 2.64. The molecular weight excluding hydrogens is 287 g/mol. The molecule has 1 unspecified atom stereocenters. The number of benzene rings is 2. The SMILES string of the molecule is O=S(=O)(c1ccccc1)c1ccccc1.O[PH2]=S. The molecular formula is C12H13O3PS2. The molecule has 0 radical (unpaired) electrons. The van der Waals surface area contributed by atoms with Gasteiger partial charge in [-0.2, -0.15) is 0 Å². The first-order valence-electron chi connectivity index (χ1n) is 5.06. The van der Waals surface area contributed by atoms with Gasteiger partial charge in [0.1, 0.15) is 0 Å². The average molecular weight is 300 g/mol. The molecule has 0 aliphatic carbocycles. The quantitative estimate of drug-likeness (QED) is 0.865. The lowest BCUT2D eigenvalue weighted by atomic mass is 10.4. The van der Waals surface area contributed by atoms with Gasteiger partial charge in [0.15, 0.2) is 0 Å². The third kappa shape index (κ3) is 4.03. The van der Waals surface area contributed by atoms with Crippen LogP contribution in [0.3, 0.4) is 0 Å². The van der Waals surface area contributed by atoms with E-state index in [0.29, 0.717) is 9.79 Å². The van der Waals surface area contributed by atoms with Crippen molar-refractivity contribution >= 4 is 29.2 Å². The van der Waals surface area contributed by atoms with Crippen LogP contribution in [0.15, 0.2) is 70.5 Å². The van der Waals surface area contributed by atoms with Crippen molar-refractivity contribution in [1.82, 2.24) is 0 Å². The van der Waals surface area contributed by atoms with E-state index in [0.717, 1.165) is 0 Å². The van der Waals surface area contributed by atoms with Crippen LogP contribution in [0.1, 0.15) is 0 Å². The van der Waals surface area contributed by atoms with Gasteiger partial charge in [-0.25, -0.2) is 8.42 Å². The summed E-state index contributed by atoms with van der Waals surface area (Å²) in [6.07, 6.45) is 0. The second-order valence-corrected chi connectivity index (χ2v) is 6.03. The van der Waals surface area contributed by atoms with E-state index in [-0.39, 0.29) is 0 Å².